The summed E-state index contributed by atoms with van der Waals surface area (Å²) in [6.07, 6.45) is 9.85. The Balaban J connectivity index is 1.45. The largest absolute Gasteiger partial charge is 0.371 e. The van der Waals surface area contributed by atoms with Crippen LogP contribution in [-0.4, -0.2) is 24.5 Å². The minimum absolute atomic E-state index is 0.572. The van der Waals surface area contributed by atoms with Gasteiger partial charge in [0.15, 0.2) is 0 Å². The molecule has 2 aromatic rings. The van der Waals surface area contributed by atoms with Gasteiger partial charge in [-0.15, -0.1) is 0 Å². The third-order valence-electron chi connectivity index (χ3n) is 7.73. The zero-order valence-corrected chi connectivity index (χ0v) is 21.2. The highest BCUT2D eigenvalue weighted by atomic mass is 15.1. The average Bonchev–Trinajstić information content (AvgIpc) is 3.73. The maximum atomic E-state index is 9.07. The van der Waals surface area contributed by atoms with Crippen molar-refractivity contribution < 1.29 is 0 Å². The van der Waals surface area contributed by atoms with Crippen LogP contribution < -0.4 is 5.32 Å². The van der Waals surface area contributed by atoms with Crippen molar-refractivity contribution in [2.45, 2.75) is 83.6 Å². The minimum atomic E-state index is 0.572. The topological polar surface area (TPSA) is 39.1 Å². The Morgan fingerprint density at radius 1 is 1.00 bits per heavy atom. The van der Waals surface area contributed by atoms with Crippen molar-refractivity contribution in [3.8, 4) is 6.07 Å². The Hall–Kier alpha value is -2.57. The third-order valence-corrected chi connectivity index (χ3v) is 7.73. The minimum Gasteiger partial charge on any atom is -0.371 e. The molecule has 0 radical (unpaired) electrons. The van der Waals surface area contributed by atoms with Crippen LogP contribution >= 0.6 is 0 Å². The van der Waals surface area contributed by atoms with Gasteiger partial charge < -0.3 is 10.2 Å². The molecule has 1 aliphatic carbocycles. The van der Waals surface area contributed by atoms with Crippen molar-refractivity contribution >= 4 is 5.70 Å². The molecule has 0 atom stereocenters. The number of nitrogens with one attached hydrogen (secondary N) is 1. The molecule has 0 aromatic heterocycles. The number of hydrogen-bond donors (Lipinski definition) is 1. The van der Waals surface area contributed by atoms with Crippen molar-refractivity contribution in [1.82, 2.24) is 10.2 Å². The molecule has 0 unspecified atom stereocenters. The van der Waals surface area contributed by atoms with Gasteiger partial charge in [0.05, 0.1) is 11.6 Å². The molecule has 3 heteroatoms. The first kappa shape index (κ1) is 24.6. The summed E-state index contributed by atoms with van der Waals surface area (Å²) < 4.78 is 0. The van der Waals surface area contributed by atoms with E-state index in [9.17, 15) is 0 Å². The number of piperidine rings is 1. The van der Waals surface area contributed by atoms with Gasteiger partial charge in [-0.25, -0.2) is 0 Å². The van der Waals surface area contributed by atoms with E-state index in [1.807, 2.05) is 12.1 Å². The molecular weight excluding hydrogens is 414 g/mol. The van der Waals surface area contributed by atoms with Crippen LogP contribution in [0.2, 0.25) is 0 Å². The van der Waals surface area contributed by atoms with Crippen LogP contribution in [0.5, 0.6) is 0 Å². The Labute approximate surface area is 206 Å². The summed E-state index contributed by atoms with van der Waals surface area (Å²) in [6.45, 7) is 13.3. The van der Waals surface area contributed by atoms with Crippen LogP contribution in [0.3, 0.4) is 0 Å². The highest BCUT2D eigenvalue weighted by molar-refractivity contribution is 5.67. The lowest BCUT2D eigenvalue weighted by Crippen LogP contribution is -2.31. The molecule has 2 aromatic carbocycles. The Morgan fingerprint density at radius 2 is 1.74 bits per heavy atom. The molecule has 0 spiro atoms. The molecule has 180 valence electrons. The average molecular weight is 456 g/mol. The Kier molecular flexibility index (Phi) is 8.46. The lowest BCUT2D eigenvalue weighted by Gasteiger charge is -2.36. The van der Waals surface area contributed by atoms with E-state index in [4.69, 9.17) is 5.26 Å². The van der Waals surface area contributed by atoms with E-state index in [1.54, 1.807) is 5.56 Å². The van der Waals surface area contributed by atoms with Crippen LogP contribution in [0.25, 0.3) is 5.70 Å². The Bertz CT molecular complexity index is 1000. The molecule has 1 heterocycles. The molecule has 3 nitrogen and oxygen atoms in total. The maximum absolute atomic E-state index is 9.07. The van der Waals surface area contributed by atoms with Gasteiger partial charge in [-0.3, -0.25) is 0 Å². The SMILES string of the molecule is C=C(c1cc(CNCCCCC)c(C2CC2)cc1CC)N1CCC(c2ccc(C#N)cc2)CC1. The van der Waals surface area contributed by atoms with Crippen molar-refractivity contribution in [2.75, 3.05) is 19.6 Å². The third kappa shape index (κ3) is 5.91. The van der Waals surface area contributed by atoms with E-state index in [-0.39, 0.29) is 0 Å². The number of aryl methyl sites for hydroxylation is 1. The fourth-order valence-corrected chi connectivity index (χ4v) is 5.40. The van der Waals surface area contributed by atoms with Crippen molar-refractivity contribution in [1.29, 1.82) is 5.26 Å². The smallest absolute Gasteiger partial charge is 0.0991 e. The number of hydrogen-bond acceptors (Lipinski definition) is 3. The van der Waals surface area contributed by atoms with E-state index in [2.05, 4.69) is 61.0 Å². The van der Waals surface area contributed by atoms with E-state index in [0.29, 0.717) is 5.92 Å². The van der Waals surface area contributed by atoms with Gasteiger partial charge in [-0.2, -0.15) is 5.26 Å². The summed E-state index contributed by atoms with van der Waals surface area (Å²) in [5.74, 6) is 1.34. The predicted molar refractivity (Wildman–Crippen MR) is 143 cm³/mol. The fourth-order valence-electron chi connectivity index (χ4n) is 5.40. The van der Waals surface area contributed by atoms with Gasteiger partial charge in [0.2, 0.25) is 0 Å². The molecule has 4 rings (SSSR count). The number of nitrogens with zero attached hydrogens (tertiary/aromatic N) is 2. The lowest BCUT2D eigenvalue weighted by atomic mass is 9.87. The summed E-state index contributed by atoms with van der Waals surface area (Å²) in [5, 5.41) is 12.8. The van der Waals surface area contributed by atoms with Gasteiger partial charge in [0, 0.05) is 30.9 Å². The highest BCUT2D eigenvalue weighted by Gasteiger charge is 2.28. The normalized spacial score (nSPS) is 16.4. The molecule has 1 N–H and O–H groups in total. The molecule has 2 fully saturated rings. The van der Waals surface area contributed by atoms with Crippen LogP contribution in [0.4, 0.5) is 0 Å². The van der Waals surface area contributed by atoms with Gasteiger partial charge in [-0.1, -0.05) is 51.5 Å². The molecule has 2 aliphatic rings. The number of rotatable bonds is 11. The quantitative estimate of drug-likeness (QED) is 0.366. The molecule has 0 amide bonds. The second kappa shape index (κ2) is 11.7. The van der Waals surface area contributed by atoms with E-state index < -0.39 is 0 Å². The Morgan fingerprint density at radius 3 is 2.35 bits per heavy atom. The molecule has 1 saturated carbocycles. The van der Waals surface area contributed by atoms with Gasteiger partial charge >= 0.3 is 0 Å². The highest BCUT2D eigenvalue weighted by Crippen LogP contribution is 2.43. The first-order valence-electron chi connectivity index (χ1n) is 13.4. The van der Waals surface area contributed by atoms with Crippen LogP contribution in [0.1, 0.15) is 104 Å². The number of nitriles is 1. The molecule has 0 bridgehead atoms. The zero-order valence-electron chi connectivity index (χ0n) is 21.2. The van der Waals surface area contributed by atoms with E-state index in [1.165, 1.54) is 60.1 Å². The predicted octanol–water partition coefficient (Wildman–Crippen LogP) is 7.13. The second-order valence-electron chi connectivity index (χ2n) is 10.2. The van der Waals surface area contributed by atoms with Crippen molar-refractivity contribution in [2.24, 2.45) is 0 Å². The van der Waals surface area contributed by atoms with Crippen LogP contribution in [0.15, 0.2) is 43.0 Å². The van der Waals surface area contributed by atoms with Gasteiger partial charge in [0.1, 0.15) is 0 Å². The van der Waals surface area contributed by atoms with Gasteiger partial charge in [0.25, 0.3) is 0 Å². The summed E-state index contributed by atoms with van der Waals surface area (Å²) >= 11 is 0. The van der Waals surface area contributed by atoms with E-state index >= 15 is 0 Å². The number of unbranched alkanes of at least 4 members (excludes halogenated alkanes) is 2. The maximum Gasteiger partial charge on any atom is 0.0991 e. The van der Waals surface area contributed by atoms with Crippen LogP contribution in [-0.2, 0) is 13.0 Å². The van der Waals surface area contributed by atoms with Gasteiger partial charge in [-0.05, 0) is 97.4 Å². The number of benzene rings is 2. The summed E-state index contributed by atoms with van der Waals surface area (Å²) in [6, 6.07) is 15.4. The summed E-state index contributed by atoms with van der Waals surface area (Å²) in [7, 11) is 0. The summed E-state index contributed by atoms with van der Waals surface area (Å²) in [4.78, 5) is 2.50. The molecule has 1 saturated heterocycles. The zero-order chi connectivity index (χ0) is 23.9. The first-order chi connectivity index (χ1) is 16.6. The molecule has 34 heavy (non-hydrogen) atoms. The summed E-state index contributed by atoms with van der Waals surface area (Å²) in [5.41, 5.74) is 9.18. The lowest BCUT2D eigenvalue weighted by molar-refractivity contribution is 0.299. The van der Waals surface area contributed by atoms with Crippen LogP contribution in [0, 0.1) is 11.3 Å². The van der Waals surface area contributed by atoms with Crippen molar-refractivity contribution in [3.63, 3.8) is 0 Å². The fraction of sp³-hybridized carbons (Fsp3) is 0.516. The monoisotopic (exact) mass is 455 g/mol. The first-order valence-corrected chi connectivity index (χ1v) is 13.4. The second-order valence-corrected chi connectivity index (χ2v) is 10.2. The standard InChI is InChI=1S/C31H41N3/c1-4-6-7-16-33-22-29-20-30(25(5-2)19-31(29)28-12-13-28)23(3)34-17-14-27(15-18-34)26-10-8-24(21-32)9-11-26/h8-11,19-20,27-28,33H,3-7,12-18,22H2,1-2H3. The van der Waals surface area contributed by atoms with Crippen molar-refractivity contribution in [3.05, 3.63) is 76.4 Å². The number of likely N-dealkylation sites (tertiary alicyclic amines) is 1. The van der Waals surface area contributed by atoms with E-state index in [0.717, 1.165) is 56.9 Å². The molecular formula is C31H41N3. The molecule has 1 aliphatic heterocycles.